The van der Waals surface area contributed by atoms with E-state index < -0.39 is 10.3 Å². The largest absolute Gasteiger partial charge is 0.495 e. The number of rotatable bonds is 2. The van der Waals surface area contributed by atoms with E-state index in [1.54, 1.807) is 0 Å². The van der Waals surface area contributed by atoms with Crippen LogP contribution in [-0.2, 0) is 16.8 Å². The molecule has 1 aromatic rings. The molecule has 0 fully saturated rings. The third kappa shape index (κ3) is 2.07. The Hall–Kier alpha value is -0.890. The van der Waals surface area contributed by atoms with Gasteiger partial charge in [0, 0.05) is 6.54 Å². The molecule has 2 rings (SSSR count). The first-order valence-electron chi connectivity index (χ1n) is 4.72. The van der Waals surface area contributed by atoms with Gasteiger partial charge in [0.2, 0.25) is 0 Å². The zero-order valence-electron chi connectivity index (χ0n) is 9.41. The van der Waals surface area contributed by atoms with Crippen molar-refractivity contribution in [2.45, 2.75) is 6.54 Å². The lowest BCUT2D eigenvalue weighted by atomic mass is 10.1. The summed E-state index contributed by atoms with van der Waals surface area (Å²) in [7, 11) is -1.11. The van der Waals surface area contributed by atoms with Crippen LogP contribution >= 0.6 is 23.2 Å². The smallest absolute Gasteiger partial charge is 0.382 e. The molecule has 1 aromatic carbocycles. The highest BCUT2D eigenvalue weighted by Crippen LogP contribution is 2.50. The lowest BCUT2D eigenvalue weighted by molar-refractivity contribution is 0.380. The number of hydrogen-bond donors (Lipinski definition) is 1. The number of halogens is 2. The van der Waals surface area contributed by atoms with Crippen LogP contribution in [0.1, 0.15) is 5.56 Å². The summed E-state index contributed by atoms with van der Waals surface area (Å²) in [6.45, 7) is -0.0235. The molecule has 0 radical (unpaired) electrons. The highest BCUT2D eigenvalue weighted by atomic mass is 35.5. The molecule has 0 saturated carbocycles. The van der Waals surface area contributed by atoms with Crippen LogP contribution in [0.3, 0.4) is 0 Å². The first-order valence-corrected chi connectivity index (χ1v) is 6.88. The van der Waals surface area contributed by atoms with Gasteiger partial charge < -0.3 is 13.7 Å². The van der Waals surface area contributed by atoms with Crippen LogP contribution in [0.4, 0.5) is 0 Å². The van der Waals surface area contributed by atoms with Crippen molar-refractivity contribution in [3.05, 3.63) is 15.6 Å². The van der Waals surface area contributed by atoms with Crippen molar-refractivity contribution >= 4 is 33.5 Å². The second-order valence-electron chi connectivity index (χ2n) is 3.36. The topological polar surface area (TPSA) is 73.9 Å². The summed E-state index contributed by atoms with van der Waals surface area (Å²) in [6.07, 6.45) is 0. The Balaban J connectivity index is 2.75. The SMILES string of the molecule is COc1c(Cl)c(OC)c2c(c1Cl)OS(=O)(=O)NC2. The number of ether oxygens (including phenoxy) is 2. The minimum Gasteiger partial charge on any atom is -0.495 e. The molecule has 1 N–H and O–H groups in total. The summed E-state index contributed by atoms with van der Waals surface area (Å²) in [5.74, 6) is 0.329. The zero-order valence-corrected chi connectivity index (χ0v) is 11.7. The minimum absolute atomic E-state index is 0.0108. The zero-order chi connectivity index (χ0) is 13.5. The average molecular weight is 314 g/mol. The van der Waals surface area contributed by atoms with E-state index in [0.717, 1.165) is 0 Å². The normalized spacial score (nSPS) is 16.7. The molecular weight excluding hydrogens is 305 g/mol. The number of benzene rings is 1. The van der Waals surface area contributed by atoms with Crippen molar-refractivity contribution in [1.29, 1.82) is 0 Å². The number of methoxy groups -OCH3 is 2. The molecule has 0 saturated heterocycles. The van der Waals surface area contributed by atoms with E-state index in [9.17, 15) is 8.42 Å². The van der Waals surface area contributed by atoms with Gasteiger partial charge >= 0.3 is 10.3 Å². The third-order valence-electron chi connectivity index (χ3n) is 2.37. The number of fused-ring (bicyclic) bond motifs is 1. The lowest BCUT2D eigenvalue weighted by Gasteiger charge is -2.23. The highest BCUT2D eigenvalue weighted by Gasteiger charge is 2.32. The molecule has 0 unspecified atom stereocenters. The molecule has 0 spiro atoms. The number of nitrogens with one attached hydrogen (secondary N) is 1. The van der Waals surface area contributed by atoms with E-state index in [0.29, 0.717) is 5.56 Å². The van der Waals surface area contributed by atoms with Crippen molar-refractivity contribution in [1.82, 2.24) is 4.72 Å². The average Bonchev–Trinajstić information content (AvgIpc) is 2.31. The van der Waals surface area contributed by atoms with Gasteiger partial charge in [0.1, 0.15) is 15.8 Å². The Morgan fingerprint density at radius 1 is 1.17 bits per heavy atom. The molecular formula is C9H9Cl2NO5S. The van der Waals surface area contributed by atoms with Gasteiger partial charge in [-0.05, 0) is 0 Å². The van der Waals surface area contributed by atoms with Crippen molar-refractivity contribution < 1.29 is 22.1 Å². The van der Waals surface area contributed by atoms with E-state index in [-0.39, 0.29) is 33.8 Å². The standard InChI is InChI=1S/C9H9Cl2NO5S/c1-15-7-4-3-12-18(13,14)17-8(4)6(11)9(16-2)5(7)10/h12H,3H2,1-2H3. The van der Waals surface area contributed by atoms with Crippen LogP contribution in [0, 0.1) is 0 Å². The fourth-order valence-corrected chi connectivity index (χ4v) is 3.17. The first-order chi connectivity index (χ1) is 8.41. The Labute approximate surface area is 114 Å². The van der Waals surface area contributed by atoms with E-state index in [1.165, 1.54) is 14.2 Å². The van der Waals surface area contributed by atoms with Gasteiger partial charge in [-0.25, -0.2) is 0 Å². The van der Waals surface area contributed by atoms with Crippen LogP contribution < -0.4 is 18.4 Å². The Morgan fingerprint density at radius 3 is 2.33 bits per heavy atom. The maximum absolute atomic E-state index is 11.3. The second kappa shape index (κ2) is 4.65. The maximum Gasteiger partial charge on any atom is 0.382 e. The van der Waals surface area contributed by atoms with Crippen molar-refractivity contribution in [2.75, 3.05) is 14.2 Å². The van der Waals surface area contributed by atoms with Gasteiger partial charge in [-0.2, -0.15) is 13.1 Å². The van der Waals surface area contributed by atoms with Crippen LogP contribution in [0.2, 0.25) is 10.0 Å². The fourth-order valence-electron chi connectivity index (χ4n) is 1.61. The molecule has 9 heteroatoms. The predicted octanol–water partition coefficient (Wildman–Crippen LogP) is 1.74. The summed E-state index contributed by atoms with van der Waals surface area (Å²) < 4.78 is 39.8. The monoisotopic (exact) mass is 313 g/mol. The molecule has 0 aliphatic carbocycles. The molecule has 1 aliphatic heterocycles. The van der Waals surface area contributed by atoms with Gasteiger partial charge in [-0.3, -0.25) is 0 Å². The molecule has 6 nitrogen and oxygen atoms in total. The van der Waals surface area contributed by atoms with Crippen LogP contribution in [0.15, 0.2) is 0 Å². The van der Waals surface area contributed by atoms with Crippen LogP contribution in [-0.4, -0.2) is 22.6 Å². The van der Waals surface area contributed by atoms with Gasteiger partial charge in [0.05, 0.1) is 19.8 Å². The quantitative estimate of drug-likeness (QED) is 0.900. The van der Waals surface area contributed by atoms with Crippen LogP contribution in [0.25, 0.3) is 0 Å². The lowest BCUT2D eigenvalue weighted by Crippen LogP contribution is -2.33. The summed E-state index contributed by atoms with van der Waals surface area (Å²) in [6, 6.07) is 0. The summed E-state index contributed by atoms with van der Waals surface area (Å²) in [4.78, 5) is 0. The maximum atomic E-state index is 11.3. The summed E-state index contributed by atoms with van der Waals surface area (Å²) >= 11 is 12.1. The molecule has 0 aromatic heterocycles. The molecule has 1 aliphatic rings. The van der Waals surface area contributed by atoms with Gasteiger partial charge in [-0.1, -0.05) is 23.2 Å². The molecule has 1 heterocycles. The van der Waals surface area contributed by atoms with Gasteiger partial charge in [0.25, 0.3) is 0 Å². The van der Waals surface area contributed by atoms with E-state index in [2.05, 4.69) is 4.72 Å². The number of hydrogen-bond acceptors (Lipinski definition) is 5. The van der Waals surface area contributed by atoms with Crippen molar-refractivity contribution in [3.8, 4) is 17.2 Å². The van der Waals surface area contributed by atoms with Crippen LogP contribution in [0.5, 0.6) is 17.2 Å². The van der Waals surface area contributed by atoms with E-state index in [1.807, 2.05) is 0 Å². The van der Waals surface area contributed by atoms with Crippen molar-refractivity contribution in [3.63, 3.8) is 0 Å². The van der Waals surface area contributed by atoms with Crippen molar-refractivity contribution in [2.24, 2.45) is 0 Å². The molecule has 0 bridgehead atoms. The third-order valence-corrected chi connectivity index (χ3v) is 3.94. The predicted molar refractivity (Wildman–Crippen MR) is 66.0 cm³/mol. The minimum atomic E-state index is -3.87. The summed E-state index contributed by atoms with van der Waals surface area (Å²) in [5, 5.41) is 0.150. The fraction of sp³-hybridized carbons (Fsp3) is 0.333. The second-order valence-corrected chi connectivity index (χ2v) is 5.48. The summed E-state index contributed by atoms with van der Waals surface area (Å²) in [5.41, 5.74) is 0.420. The van der Waals surface area contributed by atoms with E-state index in [4.69, 9.17) is 36.9 Å². The Morgan fingerprint density at radius 2 is 1.78 bits per heavy atom. The van der Waals surface area contributed by atoms with E-state index >= 15 is 0 Å². The Kier molecular flexibility index (Phi) is 3.50. The highest BCUT2D eigenvalue weighted by molar-refractivity contribution is 7.85. The first kappa shape index (κ1) is 13.5. The molecule has 0 amide bonds. The Bertz CT molecular complexity index is 602. The molecule has 18 heavy (non-hydrogen) atoms. The molecule has 0 atom stereocenters. The molecule has 100 valence electrons. The van der Waals surface area contributed by atoms with Gasteiger partial charge in [-0.15, -0.1) is 0 Å². The van der Waals surface area contributed by atoms with Gasteiger partial charge in [0.15, 0.2) is 11.5 Å².